The van der Waals surface area contributed by atoms with Gasteiger partial charge in [-0.3, -0.25) is 0 Å². The molecular formula is C10H15. The smallest absolute Gasteiger partial charge is 0.0136 e. The summed E-state index contributed by atoms with van der Waals surface area (Å²) in [5.74, 6) is 0. The Morgan fingerprint density at radius 1 is 1.40 bits per heavy atom. The van der Waals surface area contributed by atoms with E-state index in [9.17, 15) is 0 Å². The molecule has 1 aliphatic carbocycles. The molecule has 0 aromatic carbocycles. The summed E-state index contributed by atoms with van der Waals surface area (Å²) in [5, 5.41) is 0. The van der Waals surface area contributed by atoms with Crippen LogP contribution < -0.4 is 0 Å². The summed E-state index contributed by atoms with van der Waals surface area (Å²) < 4.78 is 0. The lowest BCUT2D eigenvalue weighted by Gasteiger charge is -1.98. The van der Waals surface area contributed by atoms with Gasteiger partial charge in [-0.05, 0) is 32.1 Å². The van der Waals surface area contributed by atoms with E-state index < -0.39 is 0 Å². The summed E-state index contributed by atoms with van der Waals surface area (Å²) in [6, 6.07) is 0. The minimum absolute atomic E-state index is 1.00. The first-order valence-electron chi connectivity index (χ1n) is 4.15. The summed E-state index contributed by atoms with van der Waals surface area (Å²) >= 11 is 0. The van der Waals surface area contributed by atoms with E-state index in [1.54, 1.807) is 11.6 Å². The van der Waals surface area contributed by atoms with Crippen LogP contribution in [0.15, 0.2) is 17.7 Å². The molecule has 0 heterocycles. The van der Waals surface area contributed by atoms with Crippen molar-refractivity contribution in [3.8, 4) is 0 Å². The fourth-order valence-electron chi connectivity index (χ4n) is 1.42. The molecule has 0 aromatic heterocycles. The van der Waals surface area contributed by atoms with Crippen LogP contribution in [0.5, 0.6) is 0 Å². The molecule has 55 valence electrons. The molecule has 0 unspecified atom stereocenters. The molecule has 0 saturated carbocycles. The average molecular weight is 135 g/mol. The monoisotopic (exact) mass is 135 g/mol. The van der Waals surface area contributed by atoms with Gasteiger partial charge < -0.3 is 0 Å². The van der Waals surface area contributed by atoms with Gasteiger partial charge in [0.15, 0.2) is 0 Å². The van der Waals surface area contributed by atoms with E-state index in [4.69, 9.17) is 6.58 Å². The van der Waals surface area contributed by atoms with Gasteiger partial charge in [-0.2, -0.15) is 0 Å². The molecule has 10 heavy (non-hydrogen) atoms. The van der Waals surface area contributed by atoms with Crippen molar-refractivity contribution in [2.45, 2.75) is 38.5 Å². The molecule has 1 radical (unpaired) electrons. The maximum atomic E-state index is 5.34. The first-order valence-corrected chi connectivity index (χ1v) is 4.15. The second-order valence-corrected chi connectivity index (χ2v) is 2.90. The zero-order valence-corrected chi connectivity index (χ0v) is 6.47. The lowest BCUT2D eigenvalue weighted by Crippen LogP contribution is -1.78. The van der Waals surface area contributed by atoms with Crippen LogP contribution in [-0.4, -0.2) is 0 Å². The minimum atomic E-state index is 1.00. The van der Waals surface area contributed by atoms with Crippen LogP contribution in [-0.2, 0) is 0 Å². The molecule has 0 heteroatoms. The lowest BCUT2D eigenvalue weighted by atomic mass is 10.1. The van der Waals surface area contributed by atoms with Crippen molar-refractivity contribution in [1.82, 2.24) is 0 Å². The van der Waals surface area contributed by atoms with Gasteiger partial charge in [0.25, 0.3) is 0 Å². The largest absolute Gasteiger partial charge is 0.0850 e. The Hall–Kier alpha value is -0.520. The molecule has 1 rings (SSSR count). The van der Waals surface area contributed by atoms with E-state index in [1.807, 2.05) is 0 Å². The quantitative estimate of drug-likeness (QED) is 0.510. The highest BCUT2D eigenvalue weighted by molar-refractivity contribution is 5.06. The van der Waals surface area contributed by atoms with Crippen LogP contribution >= 0.6 is 0 Å². The van der Waals surface area contributed by atoms with Crippen molar-refractivity contribution in [1.29, 1.82) is 0 Å². The Morgan fingerprint density at radius 2 is 2.30 bits per heavy atom. The summed E-state index contributed by atoms with van der Waals surface area (Å²) in [6.45, 7) is 5.34. The van der Waals surface area contributed by atoms with Gasteiger partial charge in [0.1, 0.15) is 0 Å². The highest BCUT2D eigenvalue weighted by Gasteiger charge is 1.99. The van der Waals surface area contributed by atoms with Crippen LogP contribution in [0, 0.1) is 6.58 Å². The van der Waals surface area contributed by atoms with Crippen LogP contribution in [0.3, 0.4) is 0 Å². The standard InChI is InChI=1S/C10H15/c1-2-7-10-8-5-3-4-6-9-10/h1-2,8H,3-7,9H2. The molecular weight excluding hydrogens is 120 g/mol. The Kier molecular flexibility index (Phi) is 3.28. The molecule has 0 atom stereocenters. The first kappa shape index (κ1) is 7.59. The molecule has 0 amide bonds. The maximum Gasteiger partial charge on any atom is -0.0136 e. The molecule has 0 nitrogen and oxygen atoms in total. The third-order valence-corrected chi connectivity index (χ3v) is 2.02. The Bertz CT molecular complexity index is 131. The van der Waals surface area contributed by atoms with E-state index >= 15 is 0 Å². The van der Waals surface area contributed by atoms with E-state index in [-0.39, 0.29) is 0 Å². The van der Waals surface area contributed by atoms with Crippen molar-refractivity contribution >= 4 is 0 Å². The van der Waals surface area contributed by atoms with Gasteiger partial charge in [0.2, 0.25) is 0 Å². The predicted octanol–water partition coefficient (Wildman–Crippen LogP) is 3.26. The van der Waals surface area contributed by atoms with Crippen LogP contribution in [0.1, 0.15) is 38.5 Å². The highest BCUT2D eigenvalue weighted by atomic mass is 14.1. The number of hydrogen-bond acceptors (Lipinski definition) is 0. The molecule has 0 fully saturated rings. The predicted molar refractivity (Wildman–Crippen MR) is 44.7 cm³/mol. The molecule has 0 bridgehead atoms. The summed E-state index contributed by atoms with van der Waals surface area (Å²) in [5.41, 5.74) is 1.54. The zero-order valence-electron chi connectivity index (χ0n) is 6.47. The van der Waals surface area contributed by atoms with Crippen molar-refractivity contribution in [2.75, 3.05) is 0 Å². The van der Waals surface area contributed by atoms with Gasteiger partial charge in [-0.15, -0.1) is 0 Å². The van der Waals surface area contributed by atoms with Gasteiger partial charge >= 0.3 is 0 Å². The molecule has 0 aliphatic heterocycles. The third-order valence-electron chi connectivity index (χ3n) is 2.02. The SMILES string of the molecule is [CH]=CCC1=CCCCCC1. The fraction of sp³-hybridized carbons (Fsp3) is 0.600. The van der Waals surface area contributed by atoms with Crippen LogP contribution in [0.25, 0.3) is 0 Å². The first-order chi connectivity index (χ1) is 4.93. The molecule has 1 aliphatic rings. The summed E-state index contributed by atoms with van der Waals surface area (Å²) in [6.07, 6.45) is 11.8. The number of rotatable bonds is 2. The number of allylic oxidation sites excluding steroid dienone is 3. The van der Waals surface area contributed by atoms with E-state index in [2.05, 4.69) is 6.08 Å². The van der Waals surface area contributed by atoms with Crippen LogP contribution in [0.4, 0.5) is 0 Å². The summed E-state index contributed by atoms with van der Waals surface area (Å²) in [4.78, 5) is 0. The normalized spacial score (nSPS) is 19.4. The van der Waals surface area contributed by atoms with Crippen molar-refractivity contribution in [2.24, 2.45) is 0 Å². The molecule has 0 spiro atoms. The Balaban J connectivity index is 2.38. The van der Waals surface area contributed by atoms with Gasteiger partial charge in [-0.1, -0.05) is 30.7 Å². The van der Waals surface area contributed by atoms with E-state index in [1.165, 1.54) is 32.1 Å². The molecule has 0 N–H and O–H groups in total. The topological polar surface area (TPSA) is 0 Å². The highest BCUT2D eigenvalue weighted by Crippen LogP contribution is 2.19. The van der Waals surface area contributed by atoms with E-state index in [0.29, 0.717) is 0 Å². The Morgan fingerprint density at radius 3 is 3.10 bits per heavy atom. The lowest BCUT2D eigenvalue weighted by molar-refractivity contribution is 0.708. The maximum absolute atomic E-state index is 5.34. The Labute approximate surface area is 63.6 Å². The van der Waals surface area contributed by atoms with Gasteiger partial charge in [0, 0.05) is 0 Å². The zero-order chi connectivity index (χ0) is 7.23. The molecule has 0 aromatic rings. The second-order valence-electron chi connectivity index (χ2n) is 2.90. The molecule has 0 saturated heterocycles. The van der Waals surface area contributed by atoms with Crippen LogP contribution in [0.2, 0.25) is 0 Å². The average Bonchev–Trinajstić information content (AvgIpc) is 2.17. The second kappa shape index (κ2) is 4.32. The summed E-state index contributed by atoms with van der Waals surface area (Å²) in [7, 11) is 0. The van der Waals surface area contributed by atoms with Gasteiger partial charge in [-0.25, -0.2) is 0 Å². The fourth-order valence-corrected chi connectivity index (χ4v) is 1.42. The van der Waals surface area contributed by atoms with Crippen molar-refractivity contribution in [3.05, 3.63) is 24.3 Å². The third kappa shape index (κ3) is 2.38. The van der Waals surface area contributed by atoms with E-state index in [0.717, 1.165) is 6.42 Å². The van der Waals surface area contributed by atoms with Crippen molar-refractivity contribution in [3.63, 3.8) is 0 Å². The van der Waals surface area contributed by atoms with Gasteiger partial charge in [0.05, 0.1) is 0 Å². The minimum Gasteiger partial charge on any atom is -0.0850 e. The van der Waals surface area contributed by atoms with Crippen molar-refractivity contribution < 1.29 is 0 Å². The number of hydrogen-bond donors (Lipinski definition) is 0.